The van der Waals surface area contributed by atoms with Crippen LogP contribution in [0.3, 0.4) is 0 Å². The fourth-order valence-corrected chi connectivity index (χ4v) is 2.01. The summed E-state index contributed by atoms with van der Waals surface area (Å²) in [5.74, 6) is 0.0195. The predicted octanol–water partition coefficient (Wildman–Crippen LogP) is 3.50. The summed E-state index contributed by atoms with van der Waals surface area (Å²) in [5, 5.41) is 0.688. The lowest BCUT2D eigenvalue weighted by Gasteiger charge is -2.18. The van der Waals surface area contributed by atoms with E-state index < -0.39 is 0 Å². The third-order valence-corrected chi connectivity index (χ3v) is 2.99. The average molecular weight is 305 g/mol. The average Bonchev–Trinajstić information content (AvgIpc) is 2.20. The van der Waals surface area contributed by atoms with Crippen LogP contribution in [0.25, 0.3) is 0 Å². The van der Waals surface area contributed by atoms with E-state index in [4.69, 9.17) is 11.6 Å². The molecule has 0 aliphatic rings. The first-order valence-electron chi connectivity index (χ1n) is 5.07. The third-order valence-electron chi connectivity index (χ3n) is 2.28. The molecule has 2 nitrogen and oxygen atoms in total. The molecule has 1 unspecified atom stereocenters. The molecule has 1 atom stereocenters. The molecule has 0 saturated heterocycles. The summed E-state index contributed by atoms with van der Waals surface area (Å²) in [6.45, 7) is 4.59. The maximum Gasteiger partial charge on any atom is 0.253 e. The SMILES string of the molecule is Cc1cc(C(=O)N(C)CC(C)Br)ccc1Cl. The van der Waals surface area contributed by atoms with E-state index in [9.17, 15) is 4.79 Å². The van der Waals surface area contributed by atoms with Crippen LogP contribution in [0.1, 0.15) is 22.8 Å². The van der Waals surface area contributed by atoms with Gasteiger partial charge in [-0.3, -0.25) is 4.79 Å². The molecule has 0 N–H and O–H groups in total. The van der Waals surface area contributed by atoms with Crippen molar-refractivity contribution in [3.05, 3.63) is 34.3 Å². The predicted molar refractivity (Wildman–Crippen MR) is 71.5 cm³/mol. The van der Waals surface area contributed by atoms with Crippen molar-refractivity contribution in [2.45, 2.75) is 18.7 Å². The molecule has 1 amide bonds. The van der Waals surface area contributed by atoms with Gasteiger partial charge in [-0.25, -0.2) is 0 Å². The molecule has 0 bridgehead atoms. The van der Waals surface area contributed by atoms with Crippen LogP contribution < -0.4 is 0 Å². The molecule has 0 saturated carbocycles. The normalized spacial score (nSPS) is 12.3. The quantitative estimate of drug-likeness (QED) is 0.783. The monoisotopic (exact) mass is 303 g/mol. The van der Waals surface area contributed by atoms with Crippen molar-refractivity contribution in [1.82, 2.24) is 4.90 Å². The Balaban J connectivity index is 2.84. The Labute approximate surface area is 110 Å². The minimum absolute atomic E-state index is 0.0195. The van der Waals surface area contributed by atoms with Crippen molar-refractivity contribution in [2.24, 2.45) is 0 Å². The molecule has 4 heteroatoms. The van der Waals surface area contributed by atoms with Crippen molar-refractivity contribution in [1.29, 1.82) is 0 Å². The Hall–Kier alpha value is -0.540. The van der Waals surface area contributed by atoms with E-state index in [-0.39, 0.29) is 10.7 Å². The Morgan fingerprint density at radius 1 is 1.56 bits per heavy atom. The van der Waals surface area contributed by atoms with Gasteiger partial charge in [0.05, 0.1) is 0 Å². The number of hydrogen-bond donors (Lipinski definition) is 0. The maximum absolute atomic E-state index is 12.0. The zero-order chi connectivity index (χ0) is 12.3. The van der Waals surface area contributed by atoms with Gasteiger partial charge in [0.25, 0.3) is 5.91 Å². The fourth-order valence-electron chi connectivity index (χ4n) is 1.46. The van der Waals surface area contributed by atoms with Gasteiger partial charge < -0.3 is 4.90 Å². The number of carbonyl (C=O) groups excluding carboxylic acids is 1. The largest absolute Gasteiger partial charge is 0.341 e. The number of amides is 1. The minimum Gasteiger partial charge on any atom is -0.341 e. The first-order chi connectivity index (χ1) is 7.41. The summed E-state index contributed by atoms with van der Waals surface area (Å²) in [6.07, 6.45) is 0. The molecule has 1 rings (SSSR count). The number of rotatable bonds is 3. The summed E-state index contributed by atoms with van der Waals surface area (Å²) < 4.78 is 0. The number of benzene rings is 1. The lowest BCUT2D eigenvalue weighted by atomic mass is 10.1. The van der Waals surface area contributed by atoms with Crippen molar-refractivity contribution in [2.75, 3.05) is 13.6 Å². The van der Waals surface area contributed by atoms with E-state index in [1.165, 1.54) is 0 Å². The van der Waals surface area contributed by atoms with Crippen LogP contribution in [0, 0.1) is 6.92 Å². The lowest BCUT2D eigenvalue weighted by Crippen LogP contribution is -2.31. The Morgan fingerprint density at radius 2 is 2.19 bits per heavy atom. The minimum atomic E-state index is 0.0195. The highest BCUT2D eigenvalue weighted by atomic mass is 79.9. The standard InChI is InChI=1S/C12H15BrClNO/c1-8-6-10(4-5-11(8)14)12(16)15(3)7-9(2)13/h4-6,9H,7H2,1-3H3. The molecule has 0 fully saturated rings. The molecule has 16 heavy (non-hydrogen) atoms. The highest BCUT2D eigenvalue weighted by Gasteiger charge is 2.13. The van der Waals surface area contributed by atoms with Crippen LogP contribution in [0.5, 0.6) is 0 Å². The molecular formula is C12H15BrClNO. The van der Waals surface area contributed by atoms with Gasteiger partial charge >= 0.3 is 0 Å². The smallest absolute Gasteiger partial charge is 0.253 e. The molecule has 1 aromatic rings. The molecule has 0 aromatic heterocycles. The first kappa shape index (κ1) is 13.5. The van der Waals surface area contributed by atoms with Crippen LogP contribution in [-0.2, 0) is 0 Å². The Bertz CT molecular complexity index is 393. The fraction of sp³-hybridized carbons (Fsp3) is 0.417. The lowest BCUT2D eigenvalue weighted by molar-refractivity contribution is 0.0797. The molecule has 0 aliphatic heterocycles. The topological polar surface area (TPSA) is 20.3 Å². The van der Waals surface area contributed by atoms with E-state index >= 15 is 0 Å². The number of aryl methyl sites for hydroxylation is 1. The van der Waals surface area contributed by atoms with Crippen LogP contribution in [0.4, 0.5) is 0 Å². The molecule has 0 radical (unpaired) electrons. The summed E-state index contributed by atoms with van der Waals surface area (Å²) >= 11 is 9.34. The molecule has 0 aliphatic carbocycles. The van der Waals surface area contributed by atoms with E-state index in [0.29, 0.717) is 17.1 Å². The maximum atomic E-state index is 12.0. The van der Waals surface area contributed by atoms with Crippen molar-refractivity contribution >= 4 is 33.4 Å². The Kier molecular flexibility index (Phi) is 4.81. The number of nitrogens with zero attached hydrogens (tertiary/aromatic N) is 1. The molecular weight excluding hydrogens is 289 g/mol. The van der Waals surface area contributed by atoms with Gasteiger partial charge in [0.2, 0.25) is 0 Å². The van der Waals surface area contributed by atoms with E-state index in [2.05, 4.69) is 15.9 Å². The number of hydrogen-bond acceptors (Lipinski definition) is 1. The highest BCUT2D eigenvalue weighted by molar-refractivity contribution is 9.09. The van der Waals surface area contributed by atoms with Gasteiger partial charge in [-0.1, -0.05) is 34.5 Å². The van der Waals surface area contributed by atoms with Crippen LogP contribution in [0.2, 0.25) is 5.02 Å². The van der Waals surface area contributed by atoms with Gasteiger partial charge in [-0.2, -0.15) is 0 Å². The van der Waals surface area contributed by atoms with Gasteiger partial charge in [0.15, 0.2) is 0 Å². The summed E-state index contributed by atoms with van der Waals surface area (Å²) in [5.41, 5.74) is 1.60. The second-order valence-electron chi connectivity index (χ2n) is 3.93. The summed E-state index contributed by atoms with van der Waals surface area (Å²) in [6, 6.07) is 5.34. The molecule has 1 aromatic carbocycles. The first-order valence-corrected chi connectivity index (χ1v) is 6.37. The van der Waals surface area contributed by atoms with Crippen molar-refractivity contribution < 1.29 is 4.79 Å². The second kappa shape index (κ2) is 5.69. The third kappa shape index (κ3) is 3.49. The van der Waals surface area contributed by atoms with Crippen molar-refractivity contribution in [3.8, 4) is 0 Å². The second-order valence-corrected chi connectivity index (χ2v) is 5.90. The number of halogens is 2. The van der Waals surface area contributed by atoms with Crippen molar-refractivity contribution in [3.63, 3.8) is 0 Å². The number of alkyl halides is 1. The molecule has 0 heterocycles. The van der Waals surface area contributed by atoms with Crippen LogP contribution >= 0.6 is 27.5 Å². The summed E-state index contributed by atoms with van der Waals surface area (Å²) in [7, 11) is 1.80. The van der Waals surface area contributed by atoms with E-state index in [0.717, 1.165) is 5.56 Å². The highest BCUT2D eigenvalue weighted by Crippen LogP contribution is 2.17. The van der Waals surface area contributed by atoms with E-state index in [1.807, 2.05) is 19.9 Å². The summed E-state index contributed by atoms with van der Waals surface area (Å²) in [4.78, 5) is 14.0. The molecule has 0 spiro atoms. The molecule has 88 valence electrons. The van der Waals surface area contributed by atoms with Crippen LogP contribution in [0.15, 0.2) is 18.2 Å². The van der Waals surface area contributed by atoms with Crippen LogP contribution in [-0.4, -0.2) is 29.2 Å². The van der Waals surface area contributed by atoms with Gasteiger partial charge in [0.1, 0.15) is 0 Å². The zero-order valence-electron chi connectivity index (χ0n) is 9.63. The zero-order valence-corrected chi connectivity index (χ0v) is 12.0. The number of carbonyl (C=O) groups is 1. The van der Waals surface area contributed by atoms with Gasteiger partial charge in [-0.15, -0.1) is 0 Å². The van der Waals surface area contributed by atoms with Gasteiger partial charge in [-0.05, 0) is 30.7 Å². The van der Waals surface area contributed by atoms with E-state index in [1.54, 1.807) is 24.1 Å². The van der Waals surface area contributed by atoms with Gasteiger partial charge in [0, 0.05) is 29.0 Å². The Morgan fingerprint density at radius 3 is 2.69 bits per heavy atom.